The zero-order chi connectivity index (χ0) is 24.8. The van der Waals surface area contributed by atoms with Crippen molar-refractivity contribution in [2.24, 2.45) is 0 Å². The molecule has 1 aliphatic heterocycles. The molecule has 17 nitrogen and oxygen atoms in total. The van der Waals surface area contributed by atoms with Crippen LogP contribution < -0.4 is 11.2 Å². The fourth-order valence-corrected chi connectivity index (χ4v) is 5.76. The number of H-pyrrole nitrogens is 1. The molecule has 2 heterocycles. The third-order valence-electron chi connectivity index (χ3n) is 4.13. The van der Waals surface area contributed by atoms with E-state index in [0.29, 0.717) is 4.57 Å². The van der Waals surface area contributed by atoms with Crippen molar-refractivity contribution < 1.29 is 65.8 Å². The number of alkyl halides is 1. The molecule has 3 unspecified atom stereocenters. The maximum absolute atomic E-state index is 15.2. The van der Waals surface area contributed by atoms with Crippen LogP contribution in [0.25, 0.3) is 0 Å². The number of phosphoric ester groups is 1. The van der Waals surface area contributed by atoms with Crippen LogP contribution in [0.5, 0.6) is 0 Å². The van der Waals surface area contributed by atoms with Crippen molar-refractivity contribution in [3.63, 3.8) is 0 Å². The minimum absolute atomic E-state index is 0.453. The summed E-state index contributed by atoms with van der Waals surface area (Å²) in [5.41, 5.74) is -4.56. The van der Waals surface area contributed by atoms with Crippen LogP contribution in [0.4, 0.5) is 4.39 Å². The van der Waals surface area contributed by atoms with Crippen LogP contribution in [-0.2, 0) is 31.6 Å². The number of hydrogen-bond acceptors (Lipinski definition) is 11. The molecule has 1 aromatic rings. The molecule has 0 radical (unpaired) electrons. The minimum Gasteiger partial charge on any atom is -0.384 e. The van der Waals surface area contributed by atoms with Crippen LogP contribution in [0.15, 0.2) is 21.9 Å². The molecule has 0 bridgehead atoms. The monoisotopic (exact) mass is 530 g/mol. The lowest BCUT2D eigenvalue weighted by Crippen LogP contribution is -2.51. The highest BCUT2D eigenvalue weighted by Gasteiger charge is 2.65. The fraction of sp³-hybridized carbons (Fsp3) is 0.636. The molecular formula is C11H18FN2O15P3. The van der Waals surface area contributed by atoms with Gasteiger partial charge in [0.05, 0.1) is 0 Å². The highest BCUT2D eigenvalue weighted by Crippen LogP contribution is 2.66. The molecule has 0 aromatic carbocycles. The average molecular weight is 530 g/mol. The maximum atomic E-state index is 15.2. The molecule has 7 N–H and O–H groups in total. The first kappa shape index (κ1) is 27.1. The van der Waals surface area contributed by atoms with Crippen molar-refractivity contribution in [1.82, 2.24) is 9.55 Å². The normalized spacial score (nSPS) is 32.4. The van der Waals surface area contributed by atoms with Gasteiger partial charge in [0.2, 0.25) is 0 Å². The number of rotatable bonds is 9. The van der Waals surface area contributed by atoms with Crippen molar-refractivity contribution in [2.45, 2.75) is 37.1 Å². The van der Waals surface area contributed by atoms with Crippen molar-refractivity contribution in [3.8, 4) is 0 Å². The molecule has 0 amide bonds. The smallest absolute Gasteiger partial charge is 0.384 e. The second kappa shape index (κ2) is 8.92. The van der Waals surface area contributed by atoms with Crippen molar-refractivity contribution in [1.29, 1.82) is 0 Å². The van der Waals surface area contributed by atoms with Crippen molar-refractivity contribution >= 4 is 23.5 Å². The molecular weight excluding hydrogens is 512 g/mol. The van der Waals surface area contributed by atoms with Crippen molar-refractivity contribution in [3.05, 3.63) is 33.1 Å². The van der Waals surface area contributed by atoms with Gasteiger partial charge in [-0.3, -0.25) is 18.9 Å². The van der Waals surface area contributed by atoms with Gasteiger partial charge in [0, 0.05) is 12.3 Å². The average Bonchev–Trinajstić information content (AvgIpc) is 2.80. The quantitative estimate of drug-likeness (QED) is 0.181. The molecule has 0 saturated carbocycles. The maximum Gasteiger partial charge on any atom is 0.490 e. The molecule has 6 atom stereocenters. The largest absolute Gasteiger partial charge is 0.490 e. The first-order valence-electron chi connectivity index (χ1n) is 8.21. The van der Waals surface area contributed by atoms with E-state index in [1.165, 1.54) is 6.92 Å². The summed E-state index contributed by atoms with van der Waals surface area (Å²) in [6, 6.07) is 0.817. The van der Waals surface area contributed by atoms with Crippen LogP contribution in [0.2, 0.25) is 0 Å². The number of aromatic amines is 1. The second-order valence-corrected chi connectivity index (χ2v) is 10.8. The van der Waals surface area contributed by atoms with Crippen LogP contribution in [0.3, 0.4) is 0 Å². The Balaban J connectivity index is 2.27. The van der Waals surface area contributed by atoms with Crippen LogP contribution in [-0.4, -0.2) is 63.5 Å². The second-order valence-electron chi connectivity index (χ2n) is 6.39. The first-order chi connectivity index (χ1) is 14.3. The number of hydrogen-bond donors (Lipinski definition) is 7. The van der Waals surface area contributed by atoms with E-state index in [2.05, 4.69) is 13.1 Å². The van der Waals surface area contributed by atoms with E-state index >= 15 is 4.39 Å². The number of nitrogens with one attached hydrogen (secondary N) is 1. The van der Waals surface area contributed by atoms with E-state index in [9.17, 15) is 38.4 Å². The molecule has 21 heteroatoms. The topological polar surface area (TPSA) is 264 Å². The summed E-state index contributed by atoms with van der Waals surface area (Å²) in [7, 11) is -17.3. The Morgan fingerprint density at radius 1 is 1.19 bits per heavy atom. The van der Waals surface area contributed by atoms with Gasteiger partial charge in [-0.1, -0.05) is 6.92 Å². The molecule has 2 rings (SSSR count). The molecule has 1 fully saturated rings. The van der Waals surface area contributed by atoms with E-state index in [0.717, 1.165) is 12.3 Å². The van der Waals surface area contributed by atoms with Gasteiger partial charge in [-0.05, 0) is 6.42 Å². The predicted octanol–water partition coefficient (Wildman–Crippen LogP) is -1.42. The fourth-order valence-electron chi connectivity index (χ4n) is 2.72. The molecule has 1 aliphatic rings. The summed E-state index contributed by atoms with van der Waals surface area (Å²) in [5.74, 6) is -3.53. The summed E-state index contributed by atoms with van der Waals surface area (Å²) in [6.45, 7) is -0.501. The Labute approximate surface area is 176 Å². The molecule has 0 aliphatic carbocycles. The lowest BCUT2D eigenvalue weighted by molar-refractivity contribution is -0.205. The highest BCUT2D eigenvalue weighted by molar-refractivity contribution is 7.66. The van der Waals surface area contributed by atoms with E-state index in [-0.39, 0.29) is 0 Å². The Morgan fingerprint density at radius 3 is 2.28 bits per heavy atom. The Bertz CT molecular complexity index is 1120. The number of aliphatic hydroxyl groups is 2. The number of phosphoric acid groups is 3. The Morgan fingerprint density at radius 2 is 1.78 bits per heavy atom. The highest BCUT2D eigenvalue weighted by atomic mass is 31.3. The molecule has 32 heavy (non-hydrogen) atoms. The lowest BCUT2D eigenvalue weighted by Gasteiger charge is -2.30. The number of ether oxygens (including phenoxy) is 1. The zero-order valence-corrected chi connectivity index (χ0v) is 18.4. The molecule has 1 aromatic heterocycles. The van der Waals surface area contributed by atoms with E-state index in [1.54, 1.807) is 4.98 Å². The van der Waals surface area contributed by atoms with Gasteiger partial charge in [-0.2, -0.15) is 8.62 Å². The van der Waals surface area contributed by atoms with Crippen LogP contribution in [0, 0.1) is 0 Å². The van der Waals surface area contributed by atoms with Crippen LogP contribution in [0.1, 0.15) is 19.6 Å². The molecule has 1 saturated heterocycles. The van der Waals surface area contributed by atoms with E-state index in [4.69, 9.17) is 19.4 Å². The number of aromatic nitrogens is 2. The number of halogens is 1. The zero-order valence-electron chi connectivity index (χ0n) is 15.7. The third kappa shape index (κ3) is 6.07. The van der Waals surface area contributed by atoms with E-state index in [1.807, 2.05) is 0 Å². The van der Waals surface area contributed by atoms with Gasteiger partial charge in [0.25, 0.3) is 11.4 Å². The molecule has 0 spiro atoms. The standard InChI is InChI=1S/C11H18FN2O15P3/c1-2-10(18)7(16)11(12,27-8(10)14-4-3-6(15)13-9(14)17)5-26-31(22,23)29-32(24,25)28-30(19,20)21/h3-4,7-8,16,18H,2,5H2,1H3,(H,22,23)(H,24,25)(H,13,15,17)(H2,19,20,21)/t7-,8?,10+,11+/m0/s1. The SMILES string of the molecule is CC[C@]1(O)C(n2ccc(=O)[nH]c2=O)O[C@](F)(COP(=O)(O)OP(=O)(O)OP(=O)(O)O)[C@H]1O. The minimum atomic E-state index is -5.89. The van der Waals surface area contributed by atoms with Gasteiger partial charge in [-0.15, -0.1) is 0 Å². The van der Waals surface area contributed by atoms with Gasteiger partial charge < -0.3 is 34.5 Å². The van der Waals surface area contributed by atoms with Crippen molar-refractivity contribution in [2.75, 3.05) is 6.61 Å². The summed E-state index contributed by atoms with van der Waals surface area (Å²) in [5, 5.41) is 20.9. The van der Waals surface area contributed by atoms with Gasteiger partial charge in [0.15, 0.2) is 6.23 Å². The number of nitrogens with zero attached hydrogens (tertiary/aromatic N) is 1. The van der Waals surface area contributed by atoms with Gasteiger partial charge in [-0.25, -0.2) is 22.9 Å². The third-order valence-corrected chi connectivity index (χ3v) is 7.91. The van der Waals surface area contributed by atoms with E-state index < -0.39 is 71.5 Å². The van der Waals surface area contributed by atoms with Gasteiger partial charge in [0.1, 0.15) is 18.3 Å². The summed E-state index contributed by atoms with van der Waals surface area (Å²) in [4.78, 5) is 60.4. The Kier molecular flexibility index (Phi) is 7.57. The summed E-state index contributed by atoms with van der Waals surface area (Å²) >= 11 is 0. The first-order valence-corrected chi connectivity index (χ1v) is 12.7. The van der Waals surface area contributed by atoms with Gasteiger partial charge >= 0.3 is 29.2 Å². The van der Waals surface area contributed by atoms with Crippen LogP contribution >= 0.6 is 23.5 Å². The Hall–Kier alpha value is -1.10. The number of aliphatic hydroxyl groups excluding tert-OH is 1. The summed E-state index contributed by atoms with van der Waals surface area (Å²) in [6.07, 6.45) is -4.17. The predicted molar refractivity (Wildman–Crippen MR) is 96.3 cm³/mol. The molecule has 184 valence electrons. The lowest BCUT2D eigenvalue weighted by atomic mass is 9.90. The summed E-state index contributed by atoms with van der Waals surface area (Å²) < 4.78 is 65.3.